The Hall–Kier alpha value is 0.556. The van der Waals surface area contributed by atoms with Crippen molar-refractivity contribution in [2.45, 2.75) is 25.4 Å². The van der Waals surface area contributed by atoms with E-state index in [-0.39, 0.29) is 47.3 Å². The minimum atomic E-state index is -0.140. The summed E-state index contributed by atoms with van der Waals surface area (Å²) in [5.74, 6) is 0.156. The van der Waals surface area contributed by atoms with Crippen LogP contribution in [0.4, 0.5) is 0 Å². The summed E-state index contributed by atoms with van der Waals surface area (Å²) in [4.78, 5) is 0. The van der Waals surface area contributed by atoms with E-state index < -0.39 is 0 Å². The van der Waals surface area contributed by atoms with Gasteiger partial charge in [-0.25, -0.2) is 0 Å². The van der Waals surface area contributed by atoms with Crippen molar-refractivity contribution in [1.29, 1.82) is 0 Å². The standard InChI is InChI=1S/C7H12O2.ClH.Mg/c1-9-7-5-3-2-4-6(7)8;;/h4,7-8H,2-3,5H2,1H3;1H;/q;;+2/p-2/t7-;;/m0../s1. The summed E-state index contributed by atoms with van der Waals surface area (Å²) < 4.78 is 4.92. The van der Waals surface area contributed by atoms with Gasteiger partial charge in [0.15, 0.2) is 0 Å². The Labute approximate surface area is 89.6 Å². The molecule has 0 saturated carbocycles. The number of hydrogen-bond acceptors (Lipinski definition) is 2. The van der Waals surface area contributed by atoms with Crippen LogP contribution in [-0.4, -0.2) is 36.3 Å². The van der Waals surface area contributed by atoms with Crippen LogP contribution in [0.1, 0.15) is 19.3 Å². The molecular weight excluding hydrogens is 176 g/mol. The fourth-order valence-electron chi connectivity index (χ4n) is 1.06. The Morgan fingerprint density at radius 1 is 1.64 bits per heavy atom. The predicted octanol–water partition coefficient (Wildman–Crippen LogP) is -2.95. The van der Waals surface area contributed by atoms with Crippen LogP contribution in [0.25, 0.3) is 0 Å². The monoisotopic (exact) mass is 186 g/mol. The molecule has 0 bridgehead atoms. The first kappa shape index (κ1) is 14.1. The molecule has 2 nitrogen and oxygen atoms in total. The van der Waals surface area contributed by atoms with Crippen molar-refractivity contribution in [2.24, 2.45) is 0 Å². The Kier molecular flexibility index (Phi) is 9.25. The molecule has 1 aliphatic carbocycles. The summed E-state index contributed by atoms with van der Waals surface area (Å²) in [5.41, 5.74) is 0. The average Bonchev–Trinajstić information content (AvgIpc) is 1.89. The van der Waals surface area contributed by atoms with Crippen molar-refractivity contribution in [3.63, 3.8) is 0 Å². The average molecular weight is 187 g/mol. The van der Waals surface area contributed by atoms with Crippen LogP contribution < -0.4 is 17.5 Å². The van der Waals surface area contributed by atoms with Gasteiger partial charge in [-0.15, -0.1) is 5.76 Å². The van der Waals surface area contributed by atoms with Crippen LogP contribution in [0.2, 0.25) is 0 Å². The molecule has 0 radical (unpaired) electrons. The molecule has 0 N–H and O–H groups in total. The Bertz CT molecular complexity index is 128. The third-order valence-corrected chi connectivity index (χ3v) is 1.62. The maximum atomic E-state index is 10.8. The first-order valence-corrected chi connectivity index (χ1v) is 3.24. The molecule has 0 spiro atoms. The van der Waals surface area contributed by atoms with Gasteiger partial charge in [-0.05, 0) is 19.3 Å². The van der Waals surface area contributed by atoms with Crippen LogP contribution in [-0.2, 0) is 4.74 Å². The van der Waals surface area contributed by atoms with Crippen molar-refractivity contribution in [2.75, 3.05) is 7.11 Å². The molecule has 1 atom stereocenters. The van der Waals surface area contributed by atoms with Crippen molar-refractivity contribution in [3.05, 3.63) is 11.8 Å². The molecule has 4 heteroatoms. The van der Waals surface area contributed by atoms with E-state index in [1.54, 1.807) is 13.2 Å². The second kappa shape index (κ2) is 7.22. The zero-order chi connectivity index (χ0) is 6.69. The smallest absolute Gasteiger partial charge is 1.00 e. The topological polar surface area (TPSA) is 32.3 Å². The van der Waals surface area contributed by atoms with Gasteiger partial charge in [-0.1, -0.05) is 6.08 Å². The van der Waals surface area contributed by atoms with Crippen LogP contribution in [0, 0.1) is 0 Å². The van der Waals surface area contributed by atoms with Gasteiger partial charge in [0.2, 0.25) is 0 Å². The summed E-state index contributed by atoms with van der Waals surface area (Å²) in [5, 5.41) is 10.8. The maximum Gasteiger partial charge on any atom is 2.00 e. The fourth-order valence-corrected chi connectivity index (χ4v) is 1.06. The number of ether oxygens (including phenoxy) is 1. The van der Waals surface area contributed by atoms with E-state index in [0.29, 0.717) is 0 Å². The van der Waals surface area contributed by atoms with E-state index in [1.165, 1.54) is 0 Å². The summed E-state index contributed by atoms with van der Waals surface area (Å²) in [6, 6.07) is 0. The number of rotatable bonds is 1. The van der Waals surface area contributed by atoms with E-state index in [1.807, 2.05) is 0 Å². The molecular formula is C7H11ClMgO2. The number of halogens is 1. The van der Waals surface area contributed by atoms with Gasteiger partial charge in [0.25, 0.3) is 0 Å². The fraction of sp³-hybridized carbons (Fsp3) is 0.714. The van der Waals surface area contributed by atoms with Crippen LogP contribution in [0.15, 0.2) is 11.8 Å². The Morgan fingerprint density at radius 3 is 2.64 bits per heavy atom. The van der Waals surface area contributed by atoms with Gasteiger partial charge in [0, 0.05) is 7.11 Å². The van der Waals surface area contributed by atoms with E-state index in [0.717, 1.165) is 19.3 Å². The van der Waals surface area contributed by atoms with Gasteiger partial charge < -0.3 is 22.3 Å². The number of allylic oxidation sites excluding steroid dienone is 1. The SMILES string of the molecule is CO[C@H]1CCCC=C1[O-].[Cl-].[Mg+2]. The molecule has 0 aromatic heterocycles. The van der Waals surface area contributed by atoms with E-state index in [4.69, 9.17) is 4.74 Å². The van der Waals surface area contributed by atoms with E-state index in [9.17, 15) is 5.11 Å². The second-order valence-corrected chi connectivity index (χ2v) is 2.26. The van der Waals surface area contributed by atoms with Gasteiger partial charge in [0.1, 0.15) is 0 Å². The molecule has 0 aromatic rings. The van der Waals surface area contributed by atoms with E-state index in [2.05, 4.69) is 0 Å². The molecule has 0 fully saturated rings. The third-order valence-electron chi connectivity index (χ3n) is 1.62. The van der Waals surface area contributed by atoms with E-state index >= 15 is 0 Å². The Morgan fingerprint density at radius 2 is 2.27 bits per heavy atom. The van der Waals surface area contributed by atoms with Crippen molar-refractivity contribution in [3.8, 4) is 0 Å². The molecule has 0 heterocycles. The minimum absolute atomic E-state index is 0. The zero-order valence-electron chi connectivity index (χ0n) is 6.68. The first-order chi connectivity index (χ1) is 4.34. The number of hydrogen-bond donors (Lipinski definition) is 0. The molecule has 1 aliphatic rings. The van der Waals surface area contributed by atoms with Gasteiger partial charge >= 0.3 is 23.1 Å². The predicted molar refractivity (Wildman–Crippen MR) is 38.5 cm³/mol. The largest absolute Gasteiger partial charge is 2.00 e. The molecule has 0 aromatic carbocycles. The number of methoxy groups -OCH3 is 1. The molecule has 11 heavy (non-hydrogen) atoms. The van der Waals surface area contributed by atoms with Gasteiger partial charge in [-0.3, -0.25) is 0 Å². The summed E-state index contributed by atoms with van der Waals surface area (Å²) in [6.45, 7) is 0. The quantitative estimate of drug-likeness (QED) is 0.411. The summed E-state index contributed by atoms with van der Waals surface area (Å²) in [7, 11) is 1.59. The molecule has 0 saturated heterocycles. The van der Waals surface area contributed by atoms with Gasteiger partial charge in [0.05, 0.1) is 6.10 Å². The van der Waals surface area contributed by atoms with Gasteiger partial charge in [-0.2, -0.15) is 0 Å². The van der Waals surface area contributed by atoms with Crippen LogP contribution >= 0.6 is 0 Å². The van der Waals surface area contributed by atoms with Crippen molar-refractivity contribution in [1.82, 2.24) is 0 Å². The first-order valence-electron chi connectivity index (χ1n) is 3.24. The minimum Gasteiger partial charge on any atom is -1.00 e. The molecule has 0 amide bonds. The Balaban J connectivity index is 0. The van der Waals surface area contributed by atoms with Crippen LogP contribution in [0.5, 0.6) is 0 Å². The molecule has 0 aliphatic heterocycles. The molecule has 60 valence electrons. The zero-order valence-corrected chi connectivity index (χ0v) is 8.85. The van der Waals surface area contributed by atoms with Crippen molar-refractivity contribution < 1.29 is 22.3 Å². The maximum absolute atomic E-state index is 10.8. The third kappa shape index (κ3) is 4.21. The van der Waals surface area contributed by atoms with Crippen molar-refractivity contribution >= 4 is 23.1 Å². The molecule has 0 unspecified atom stereocenters. The molecule has 1 rings (SSSR count). The second-order valence-electron chi connectivity index (χ2n) is 2.26. The van der Waals surface area contributed by atoms with Crippen LogP contribution in [0.3, 0.4) is 0 Å². The summed E-state index contributed by atoms with van der Waals surface area (Å²) >= 11 is 0. The normalized spacial score (nSPS) is 22.6. The summed E-state index contributed by atoms with van der Waals surface area (Å²) in [6.07, 6.45) is 4.49.